The topological polar surface area (TPSA) is 65.9 Å². The van der Waals surface area contributed by atoms with Crippen LogP contribution in [0.25, 0.3) is 0 Å². The summed E-state index contributed by atoms with van der Waals surface area (Å²) in [6.07, 6.45) is -0.485. The first kappa shape index (κ1) is 13.0. The molecule has 0 radical (unpaired) electrons. The van der Waals surface area contributed by atoms with Gasteiger partial charge in [-0.1, -0.05) is 0 Å². The fourth-order valence-electron chi connectivity index (χ4n) is 2.68. The van der Waals surface area contributed by atoms with Crippen molar-refractivity contribution in [2.75, 3.05) is 39.4 Å². The third kappa shape index (κ3) is 2.64. The van der Waals surface area contributed by atoms with Crippen LogP contribution in [-0.4, -0.2) is 77.3 Å². The number of morpholine rings is 1. The van der Waals surface area contributed by atoms with Crippen LogP contribution in [0.4, 0.5) is 0 Å². The van der Waals surface area contributed by atoms with Crippen LogP contribution in [0.15, 0.2) is 10.9 Å². The second-order valence-electron chi connectivity index (χ2n) is 4.87. The van der Waals surface area contributed by atoms with Crippen molar-refractivity contribution in [3.63, 3.8) is 0 Å². The first-order valence-electron chi connectivity index (χ1n) is 6.43. The Morgan fingerprint density at radius 1 is 1.42 bits per heavy atom. The van der Waals surface area contributed by atoms with Crippen LogP contribution < -0.4 is 0 Å². The number of thiazole rings is 1. The van der Waals surface area contributed by atoms with Crippen LogP contribution in [0.5, 0.6) is 0 Å². The molecule has 6 nitrogen and oxygen atoms in total. The van der Waals surface area contributed by atoms with Crippen molar-refractivity contribution >= 4 is 17.2 Å². The van der Waals surface area contributed by atoms with E-state index in [9.17, 15) is 9.90 Å². The zero-order valence-electron chi connectivity index (χ0n) is 10.6. The number of carbonyl (C=O) groups is 1. The molecule has 2 aliphatic rings. The van der Waals surface area contributed by atoms with E-state index >= 15 is 0 Å². The second kappa shape index (κ2) is 5.54. The molecule has 0 saturated carbocycles. The SMILES string of the molecule is O=C(c1cscn1)N1C[C@@H](O)[C@H](N2CCOCC2)C1. The highest BCUT2D eigenvalue weighted by Gasteiger charge is 2.38. The maximum atomic E-state index is 12.2. The quantitative estimate of drug-likeness (QED) is 0.804. The Labute approximate surface area is 115 Å². The molecule has 0 spiro atoms. The Bertz CT molecular complexity index is 433. The highest BCUT2D eigenvalue weighted by molar-refractivity contribution is 7.07. The highest BCUT2D eigenvalue weighted by atomic mass is 32.1. The van der Waals surface area contributed by atoms with Gasteiger partial charge < -0.3 is 14.7 Å². The van der Waals surface area contributed by atoms with Crippen LogP contribution in [-0.2, 0) is 4.74 Å². The lowest BCUT2D eigenvalue weighted by molar-refractivity contribution is -0.00611. The summed E-state index contributed by atoms with van der Waals surface area (Å²) in [7, 11) is 0. The smallest absolute Gasteiger partial charge is 0.273 e. The van der Waals surface area contributed by atoms with E-state index in [1.165, 1.54) is 11.3 Å². The summed E-state index contributed by atoms with van der Waals surface area (Å²) in [5, 5.41) is 11.9. The molecule has 0 unspecified atom stereocenters. The molecule has 104 valence electrons. The fourth-order valence-corrected chi connectivity index (χ4v) is 3.21. The number of β-amino-alcohol motifs (C(OH)–C–C–N with tert-alkyl or cyclic N) is 1. The number of carbonyl (C=O) groups excluding carboxylic acids is 1. The number of rotatable bonds is 2. The second-order valence-corrected chi connectivity index (χ2v) is 5.59. The van der Waals surface area contributed by atoms with Gasteiger partial charge in [0.05, 0.1) is 30.9 Å². The van der Waals surface area contributed by atoms with Gasteiger partial charge in [0.15, 0.2) is 0 Å². The molecule has 0 aliphatic carbocycles. The highest BCUT2D eigenvalue weighted by Crippen LogP contribution is 2.19. The van der Waals surface area contributed by atoms with Gasteiger partial charge in [-0.25, -0.2) is 4.98 Å². The van der Waals surface area contributed by atoms with Crippen molar-refractivity contribution < 1.29 is 14.6 Å². The molecule has 3 rings (SSSR count). The summed E-state index contributed by atoms with van der Waals surface area (Å²) >= 11 is 1.41. The molecular formula is C12H17N3O3S. The van der Waals surface area contributed by atoms with E-state index in [0.29, 0.717) is 32.0 Å². The standard InChI is InChI=1S/C12H17N3O3S/c16-11-6-15(12(17)9-7-19-8-13-9)5-10(11)14-1-3-18-4-2-14/h7-8,10-11,16H,1-6H2/t10-,11-/m1/s1. The van der Waals surface area contributed by atoms with Crippen LogP contribution in [0.1, 0.15) is 10.5 Å². The molecular weight excluding hydrogens is 266 g/mol. The Balaban J connectivity index is 1.65. The molecule has 0 aromatic carbocycles. The molecule has 2 atom stereocenters. The van der Waals surface area contributed by atoms with Crippen molar-refractivity contribution in [1.29, 1.82) is 0 Å². The average Bonchev–Trinajstić information content (AvgIpc) is 3.08. The zero-order chi connectivity index (χ0) is 13.2. The minimum atomic E-state index is -0.485. The Hall–Kier alpha value is -1.02. The first-order chi connectivity index (χ1) is 9.25. The lowest BCUT2D eigenvalue weighted by Gasteiger charge is -2.33. The van der Waals surface area contributed by atoms with Gasteiger partial charge in [-0.15, -0.1) is 11.3 Å². The van der Waals surface area contributed by atoms with Crippen LogP contribution in [0, 0.1) is 0 Å². The number of hydrogen-bond donors (Lipinski definition) is 1. The lowest BCUT2D eigenvalue weighted by atomic mass is 10.2. The van der Waals surface area contributed by atoms with Crippen molar-refractivity contribution in [3.05, 3.63) is 16.6 Å². The van der Waals surface area contributed by atoms with Gasteiger partial charge in [-0.3, -0.25) is 9.69 Å². The number of nitrogens with zero attached hydrogens (tertiary/aromatic N) is 3. The van der Waals surface area contributed by atoms with E-state index in [1.807, 2.05) is 0 Å². The summed E-state index contributed by atoms with van der Waals surface area (Å²) < 4.78 is 5.32. The number of likely N-dealkylation sites (tertiary alicyclic amines) is 1. The van der Waals surface area contributed by atoms with Gasteiger partial charge in [-0.05, 0) is 0 Å². The third-order valence-corrected chi connectivity index (χ3v) is 4.30. The molecule has 2 aliphatic heterocycles. The van der Waals surface area contributed by atoms with Crippen molar-refractivity contribution in [2.24, 2.45) is 0 Å². The van der Waals surface area contributed by atoms with Gasteiger partial charge >= 0.3 is 0 Å². The molecule has 3 heterocycles. The Morgan fingerprint density at radius 2 is 2.21 bits per heavy atom. The van der Waals surface area contributed by atoms with E-state index in [-0.39, 0.29) is 11.9 Å². The molecule has 2 fully saturated rings. The third-order valence-electron chi connectivity index (χ3n) is 3.71. The van der Waals surface area contributed by atoms with Crippen molar-refractivity contribution in [1.82, 2.24) is 14.8 Å². The Morgan fingerprint density at radius 3 is 2.89 bits per heavy atom. The van der Waals surface area contributed by atoms with E-state index in [1.54, 1.807) is 15.8 Å². The van der Waals surface area contributed by atoms with Crippen molar-refractivity contribution in [2.45, 2.75) is 12.1 Å². The molecule has 1 N–H and O–H groups in total. The number of ether oxygens (including phenoxy) is 1. The van der Waals surface area contributed by atoms with Gasteiger partial charge in [0, 0.05) is 31.6 Å². The molecule has 1 aromatic heterocycles. The average molecular weight is 283 g/mol. The molecule has 1 amide bonds. The number of amides is 1. The minimum Gasteiger partial charge on any atom is -0.390 e. The molecule has 2 saturated heterocycles. The summed E-state index contributed by atoms with van der Waals surface area (Å²) in [4.78, 5) is 20.1. The summed E-state index contributed by atoms with van der Waals surface area (Å²) in [5.74, 6) is -0.0870. The monoisotopic (exact) mass is 283 g/mol. The number of aromatic nitrogens is 1. The number of aliphatic hydroxyl groups excluding tert-OH is 1. The molecule has 19 heavy (non-hydrogen) atoms. The summed E-state index contributed by atoms with van der Waals surface area (Å²) in [6, 6.07) is 0.0199. The Kier molecular flexibility index (Phi) is 3.79. The summed E-state index contributed by atoms with van der Waals surface area (Å²) in [5.41, 5.74) is 2.12. The molecule has 1 aromatic rings. The molecule has 7 heteroatoms. The summed E-state index contributed by atoms with van der Waals surface area (Å²) in [6.45, 7) is 3.99. The van der Waals surface area contributed by atoms with E-state index < -0.39 is 6.10 Å². The van der Waals surface area contributed by atoms with Gasteiger partial charge in [0.2, 0.25) is 0 Å². The van der Waals surface area contributed by atoms with E-state index in [4.69, 9.17) is 4.74 Å². The first-order valence-corrected chi connectivity index (χ1v) is 7.37. The minimum absolute atomic E-state index is 0.0199. The predicted octanol–water partition coefficient (Wildman–Crippen LogP) is -0.339. The van der Waals surface area contributed by atoms with E-state index in [2.05, 4.69) is 9.88 Å². The fraction of sp³-hybridized carbons (Fsp3) is 0.667. The van der Waals surface area contributed by atoms with Crippen molar-refractivity contribution in [3.8, 4) is 0 Å². The van der Waals surface area contributed by atoms with Crippen LogP contribution in [0.2, 0.25) is 0 Å². The molecule has 0 bridgehead atoms. The predicted molar refractivity (Wildman–Crippen MR) is 70.2 cm³/mol. The lowest BCUT2D eigenvalue weighted by Crippen LogP contribution is -2.49. The maximum Gasteiger partial charge on any atom is 0.273 e. The van der Waals surface area contributed by atoms with Gasteiger partial charge in [0.25, 0.3) is 5.91 Å². The zero-order valence-corrected chi connectivity index (χ0v) is 11.4. The van der Waals surface area contributed by atoms with Crippen LogP contribution >= 0.6 is 11.3 Å². The van der Waals surface area contributed by atoms with Gasteiger partial charge in [0.1, 0.15) is 5.69 Å². The normalized spacial score (nSPS) is 28.8. The number of hydrogen-bond acceptors (Lipinski definition) is 6. The maximum absolute atomic E-state index is 12.2. The van der Waals surface area contributed by atoms with E-state index in [0.717, 1.165) is 13.1 Å². The number of aliphatic hydroxyl groups is 1. The van der Waals surface area contributed by atoms with Crippen LogP contribution in [0.3, 0.4) is 0 Å². The largest absolute Gasteiger partial charge is 0.390 e. The van der Waals surface area contributed by atoms with Gasteiger partial charge in [-0.2, -0.15) is 0 Å².